The number of carbonyl (C=O) groups is 3. The van der Waals surface area contributed by atoms with Gasteiger partial charge in [-0.25, -0.2) is 4.79 Å². The van der Waals surface area contributed by atoms with Crippen LogP contribution in [0.3, 0.4) is 0 Å². The van der Waals surface area contributed by atoms with Crippen LogP contribution in [0.5, 0.6) is 5.75 Å². The van der Waals surface area contributed by atoms with E-state index >= 15 is 0 Å². The Morgan fingerprint density at radius 2 is 1.90 bits per heavy atom. The summed E-state index contributed by atoms with van der Waals surface area (Å²) >= 11 is 0. The van der Waals surface area contributed by atoms with Crippen LogP contribution in [0.1, 0.15) is 23.6 Å². The topological polar surface area (TPSA) is 99.2 Å². The molecule has 1 aliphatic heterocycles. The van der Waals surface area contributed by atoms with Gasteiger partial charge < -0.3 is 20.1 Å². The van der Waals surface area contributed by atoms with E-state index in [1.54, 1.807) is 32.2 Å². The fourth-order valence-electron chi connectivity index (χ4n) is 3.68. The summed E-state index contributed by atoms with van der Waals surface area (Å²) < 4.78 is 5.26. The second-order valence-electron chi connectivity index (χ2n) is 7.66. The summed E-state index contributed by atoms with van der Waals surface area (Å²) in [6, 6.07) is 14.0. The van der Waals surface area contributed by atoms with Gasteiger partial charge in [-0.2, -0.15) is 0 Å². The Balaban J connectivity index is 1.78. The Morgan fingerprint density at radius 3 is 2.52 bits per heavy atom. The van der Waals surface area contributed by atoms with Gasteiger partial charge in [0.05, 0.1) is 13.7 Å². The molecule has 0 aromatic heterocycles. The third-order valence-corrected chi connectivity index (χ3v) is 5.48. The first-order chi connectivity index (χ1) is 14.8. The quantitative estimate of drug-likeness (QED) is 0.629. The molecule has 2 aromatic carbocycles. The lowest BCUT2D eigenvalue weighted by Crippen LogP contribution is -2.45. The summed E-state index contributed by atoms with van der Waals surface area (Å²) in [5.74, 6) is -0.243. The van der Waals surface area contributed by atoms with Crippen LogP contribution >= 0.6 is 0 Å². The maximum atomic E-state index is 13.2. The van der Waals surface area contributed by atoms with Crippen LogP contribution in [-0.2, 0) is 21.7 Å². The number of aryl methyl sites for hydroxylation is 1. The van der Waals surface area contributed by atoms with Crippen LogP contribution < -0.4 is 10.1 Å². The summed E-state index contributed by atoms with van der Waals surface area (Å²) in [4.78, 5) is 41.0. The number of imide groups is 1. The van der Waals surface area contributed by atoms with Crippen LogP contribution in [0.25, 0.3) is 0 Å². The van der Waals surface area contributed by atoms with E-state index in [1.165, 1.54) is 4.90 Å². The van der Waals surface area contributed by atoms with Crippen molar-refractivity contribution in [2.45, 2.75) is 25.9 Å². The molecule has 4 amide bonds. The van der Waals surface area contributed by atoms with Gasteiger partial charge in [-0.15, -0.1) is 0 Å². The number of hydrogen-bond donors (Lipinski definition) is 2. The first-order valence-corrected chi connectivity index (χ1v) is 10.0. The third-order valence-electron chi connectivity index (χ3n) is 5.48. The molecule has 31 heavy (non-hydrogen) atoms. The maximum Gasteiger partial charge on any atom is 0.325 e. The molecule has 3 rings (SSSR count). The van der Waals surface area contributed by atoms with Gasteiger partial charge in [-0.05, 0) is 42.7 Å². The first kappa shape index (κ1) is 22.3. The molecule has 0 aliphatic carbocycles. The minimum atomic E-state index is -1.28. The predicted molar refractivity (Wildman–Crippen MR) is 114 cm³/mol. The molecule has 8 heteroatoms. The van der Waals surface area contributed by atoms with Crippen molar-refractivity contribution in [2.24, 2.45) is 0 Å². The number of nitrogens with zero attached hydrogens (tertiary/aromatic N) is 2. The van der Waals surface area contributed by atoms with E-state index < -0.39 is 29.9 Å². The summed E-state index contributed by atoms with van der Waals surface area (Å²) in [6.45, 7) is 3.23. The van der Waals surface area contributed by atoms with Crippen molar-refractivity contribution in [1.82, 2.24) is 15.1 Å². The second-order valence-corrected chi connectivity index (χ2v) is 7.66. The van der Waals surface area contributed by atoms with Crippen molar-refractivity contribution in [1.29, 1.82) is 0 Å². The van der Waals surface area contributed by atoms with Gasteiger partial charge in [-0.1, -0.05) is 36.4 Å². The summed E-state index contributed by atoms with van der Waals surface area (Å²) in [7, 11) is 1.56. The molecule has 0 spiro atoms. The standard InChI is InChI=1S/C23H27N3O5/c1-16-13-18(9-10-19(16)31-3)23(2)21(29)26(22(30)24-23)15-20(28)25(11-12-27)14-17-7-5-4-6-8-17/h4-10,13,27H,11-12,14-15H2,1-3H3,(H,24,30). The van der Waals surface area contributed by atoms with Gasteiger partial charge in [0.15, 0.2) is 0 Å². The molecule has 2 N–H and O–H groups in total. The lowest BCUT2D eigenvalue weighted by Gasteiger charge is -2.25. The maximum absolute atomic E-state index is 13.2. The average molecular weight is 425 g/mol. The molecule has 2 aromatic rings. The van der Waals surface area contributed by atoms with Gasteiger partial charge in [0.25, 0.3) is 5.91 Å². The van der Waals surface area contributed by atoms with Crippen LogP contribution in [0.4, 0.5) is 4.79 Å². The Kier molecular flexibility index (Phi) is 6.60. The number of ether oxygens (including phenoxy) is 1. The van der Waals surface area contributed by atoms with E-state index in [1.807, 2.05) is 37.3 Å². The fraction of sp³-hybridized carbons (Fsp3) is 0.348. The monoisotopic (exact) mass is 425 g/mol. The van der Waals surface area contributed by atoms with Crippen LogP contribution in [0.15, 0.2) is 48.5 Å². The van der Waals surface area contributed by atoms with Crippen molar-refractivity contribution in [3.05, 3.63) is 65.2 Å². The molecule has 0 radical (unpaired) electrons. The highest BCUT2D eigenvalue weighted by atomic mass is 16.5. The van der Waals surface area contributed by atoms with Gasteiger partial charge in [-0.3, -0.25) is 14.5 Å². The molecule has 0 bridgehead atoms. The predicted octanol–water partition coefficient (Wildman–Crippen LogP) is 1.79. The Hall–Kier alpha value is -3.39. The van der Waals surface area contributed by atoms with E-state index in [2.05, 4.69) is 5.32 Å². The van der Waals surface area contributed by atoms with E-state index in [0.29, 0.717) is 11.3 Å². The van der Waals surface area contributed by atoms with E-state index in [0.717, 1.165) is 16.0 Å². The number of carbonyl (C=O) groups excluding carboxylic acids is 3. The highest BCUT2D eigenvalue weighted by Crippen LogP contribution is 2.31. The lowest BCUT2D eigenvalue weighted by molar-refractivity contribution is -0.139. The zero-order valence-corrected chi connectivity index (χ0v) is 17.9. The molecule has 0 saturated carbocycles. The first-order valence-electron chi connectivity index (χ1n) is 10.0. The summed E-state index contributed by atoms with van der Waals surface area (Å²) in [5, 5.41) is 12.1. The van der Waals surface area contributed by atoms with Gasteiger partial charge in [0.1, 0.15) is 17.8 Å². The van der Waals surface area contributed by atoms with Crippen molar-refractivity contribution in [3.8, 4) is 5.75 Å². The van der Waals surface area contributed by atoms with Gasteiger partial charge >= 0.3 is 6.03 Å². The van der Waals surface area contributed by atoms with Gasteiger partial charge in [0.2, 0.25) is 5.91 Å². The largest absolute Gasteiger partial charge is 0.496 e. The number of aliphatic hydroxyl groups excluding tert-OH is 1. The number of methoxy groups -OCH3 is 1. The van der Waals surface area contributed by atoms with E-state index in [-0.39, 0.29) is 19.7 Å². The average Bonchev–Trinajstić information content (AvgIpc) is 2.98. The molecule has 1 unspecified atom stereocenters. The number of rotatable bonds is 8. The molecular formula is C23H27N3O5. The van der Waals surface area contributed by atoms with Crippen molar-refractivity contribution >= 4 is 17.8 Å². The Bertz CT molecular complexity index is 978. The second kappa shape index (κ2) is 9.18. The number of nitrogens with one attached hydrogen (secondary N) is 1. The minimum Gasteiger partial charge on any atom is -0.496 e. The molecule has 1 saturated heterocycles. The molecule has 8 nitrogen and oxygen atoms in total. The van der Waals surface area contributed by atoms with Crippen molar-refractivity contribution in [2.75, 3.05) is 26.8 Å². The summed E-state index contributed by atoms with van der Waals surface area (Å²) in [5.41, 5.74) is 1.04. The number of urea groups is 1. The van der Waals surface area contributed by atoms with Crippen molar-refractivity contribution in [3.63, 3.8) is 0 Å². The van der Waals surface area contributed by atoms with E-state index in [9.17, 15) is 19.5 Å². The third kappa shape index (κ3) is 4.54. The molecule has 1 fully saturated rings. The molecule has 1 atom stereocenters. The number of amides is 4. The van der Waals surface area contributed by atoms with Crippen molar-refractivity contribution < 1.29 is 24.2 Å². The zero-order valence-electron chi connectivity index (χ0n) is 17.9. The minimum absolute atomic E-state index is 0.103. The number of benzene rings is 2. The van der Waals surface area contributed by atoms with Gasteiger partial charge in [0, 0.05) is 13.1 Å². The van der Waals surface area contributed by atoms with Crippen LogP contribution in [0.2, 0.25) is 0 Å². The van der Waals surface area contributed by atoms with E-state index in [4.69, 9.17) is 4.74 Å². The summed E-state index contributed by atoms with van der Waals surface area (Å²) in [6.07, 6.45) is 0. The normalized spacial score (nSPS) is 18.1. The SMILES string of the molecule is COc1ccc(C2(C)NC(=O)N(CC(=O)N(CCO)Cc3ccccc3)C2=O)cc1C. The Labute approximate surface area is 181 Å². The Morgan fingerprint density at radius 1 is 1.19 bits per heavy atom. The fourth-order valence-corrected chi connectivity index (χ4v) is 3.68. The molecular weight excluding hydrogens is 398 g/mol. The zero-order chi connectivity index (χ0) is 22.6. The number of aliphatic hydroxyl groups is 1. The number of hydrogen-bond acceptors (Lipinski definition) is 5. The highest BCUT2D eigenvalue weighted by Gasteiger charge is 2.49. The van der Waals surface area contributed by atoms with Crippen LogP contribution in [0, 0.1) is 6.92 Å². The lowest BCUT2D eigenvalue weighted by atomic mass is 9.90. The highest BCUT2D eigenvalue weighted by molar-refractivity contribution is 6.09. The smallest absolute Gasteiger partial charge is 0.325 e. The molecule has 1 heterocycles. The van der Waals surface area contributed by atoms with Crippen LogP contribution in [-0.4, -0.2) is 59.6 Å². The molecule has 164 valence electrons. The molecule has 1 aliphatic rings.